The topological polar surface area (TPSA) is 78.8 Å². The minimum Gasteiger partial charge on any atom is -0.504 e. The zero-order chi connectivity index (χ0) is 16.7. The number of guanidine groups is 1. The van der Waals surface area contributed by atoms with Crippen LogP contribution in [0.1, 0.15) is 22.4 Å². The van der Waals surface area contributed by atoms with Crippen LogP contribution in [0.2, 0.25) is 0 Å². The van der Waals surface area contributed by atoms with Crippen molar-refractivity contribution in [3.8, 4) is 11.5 Å². The lowest BCUT2D eigenvalue weighted by atomic mass is 10.2. The van der Waals surface area contributed by atoms with Crippen molar-refractivity contribution >= 4 is 41.3 Å². The van der Waals surface area contributed by atoms with E-state index in [1.54, 1.807) is 17.4 Å². The van der Waals surface area contributed by atoms with Gasteiger partial charge in [0.05, 0.1) is 20.2 Å². The van der Waals surface area contributed by atoms with Crippen LogP contribution >= 0.6 is 35.3 Å². The Morgan fingerprint density at radius 2 is 2.17 bits per heavy atom. The van der Waals surface area contributed by atoms with Crippen molar-refractivity contribution < 1.29 is 9.84 Å². The van der Waals surface area contributed by atoms with E-state index >= 15 is 0 Å². The van der Waals surface area contributed by atoms with Crippen molar-refractivity contribution in [2.24, 2.45) is 4.99 Å². The predicted molar refractivity (Wildman–Crippen MR) is 109 cm³/mol. The summed E-state index contributed by atoms with van der Waals surface area (Å²) in [5.74, 6) is 1.27. The summed E-state index contributed by atoms with van der Waals surface area (Å²) in [5, 5.41) is 17.5. The normalized spacial score (nSPS) is 10.9. The van der Waals surface area contributed by atoms with Crippen molar-refractivity contribution in [1.82, 2.24) is 15.6 Å². The molecule has 3 N–H and O–H groups in total. The second-order valence-electron chi connectivity index (χ2n) is 4.88. The van der Waals surface area contributed by atoms with Crippen molar-refractivity contribution in [2.75, 3.05) is 13.7 Å². The van der Waals surface area contributed by atoms with Crippen molar-refractivity contribution in [2.45, 2.75) is 26.9 Å². The predicted octanol–water partition coefficient (Wildman–Crippen LogP) is 3.04. The molecule has 0 atom stereocenters. The molecule has 6 nitrogen and oxygen atoms in total. The average molecular weight is 462 g/mol. The van der Waals surface area contributed by atoms with Crippen LogP contribution < -0.4 is 15.4 Å². The Kier molecular flexibility index (Phi) is 8.83. The highest BCUT2D eigenvalue weighted by atomic mass is 127. The lowest BCUT2D eigenvalue weighted by Gasteiger charge is -2.11. The van der Waals surface area contributed by atoms with Crippen LogP contribution in [0, 0.1) is 6.92 Å². The van der Waals surface area contributed by atoms with Gasteiger partial charge in [0.1, 0.15) is 5.01 Å². The number of aliphatic imine (C=N–C) groups is 1. The zero-order valence-corrected chi connectivity index (χ0v) is 17.1. The number of rotatable bonds is 6. The number of hydrogen-bond acceptors (Lipinski definition) is 5. The average Bonchev–Trinajstić information content (AvgIpc) is 2.96. The second-order valence-corrected chi connectivity index (χ2v) is 6.20. The molecular weight excluding hydrogens is 439 g/mol. The molecular formula is C16H23IN4O2S. The number of nitrogens with one attached hydrogen (secondary N) is 2. The van der Waals surface area contributed by atoms with Crippen LogP contribution in [0.4, 0.5) is 0 Å². The van der Waals surface area contributed by atoms with E-state index in [4.69, 9.17) is 4.74 Å². The lowest BCUT2D eigenvalue weighted by molar-refractivity contribution is 0.370. The van der Waals surface area contributed by atoms with Gasteiger partial charge >= 0.3 is 0 Å². The number of ether oxygens (including phenoxy) is 1. The third kappa shape index (κ3) is 5.82. The van der Waals surface area contributed by atoms with Crippen LogP contribution in [-0.2, 0) is 13.1 Å². The first-order valence-corrected chi connectivity index (χ1v) is 8.24. The van der Waals surface area contributed by atoms with Gasteiger partial charge in [-0.1, -0.05) is 12.1 Å². The molecule has 0 saturated heterocycles. The molecule has 2 rings (SSSR count). The summed E-state index contributed by atoms with van der Waals surface area (Å²) in [4.78, 5) is 10.0. The van der Waals surface area contributed by atoms with Gasteiger partial charge in [0, 0.05) is 23.2 Å². The minimum absolute atomic E-state index is 0. The lowest BCUT2D eigenvalue weighted by Crippen LogP contribution is -2.36. The van der Waals surface area contributed by atoms with E-state index in [-0.39, 0.29) is 29.7 Å². The monoisotopic (exact) mass is 462 g/mol. The van der Waals surface area contributed by atoms with Crippen molar-refractivity contribution in [3.63, 3.8) is 0 Å². The molecule has 1 aromatic heterocycles. The highest BCUT2D eigenvalue weighted by molar-refractivity contribution is 14.0. The van der Waals surface area contributed by atoms with Gasteiger partial charge in [-0.3, -0.25) is 0 Å². The molecule has 0 unspecified atom stereocenters. The molecule has 1 aromatic carbocycles. The number of methoxy groups -OCH3 is 1. The highest BCUT2D eigenvalue weighted by Crippen LogP contribution is 2.29. The van der Waals surface area contributed by atoms with Crippen LogP contribution in [0.25, 0.3) is 0 Å². The van der Waals surface area contributed by atoms with Crippen LogP contribution in [-0.4, -0.2) is 29.7 Å². The van der Waals surface area contributed by atoms with E-state index < -0.39 is 0 Å². The number of para-hydroxylation sites is 1. The Bertz CT molecular complexity index is 676. The molecule has 132 valence electrons. The Morgan fingerprint density at radius 3 is 2.79 bits per heavy atom. The summed E-state index contributed by atoms with van der Waals surface area (Å²) in [7, 11) is 1.53. The molecule has 1 heterocycles. The number of aryl methyl sites for hydroxylation is 1. The number of thiazole rings is 1. The fraction of sp³-hybridized carbons (Fsp3) is 0.375. The molecule has 24 heavy (non-hydrogen) atoms. The smallest absolute Gasteiger partial charge is 0.191 e. The molecule has 8 heteroatoms. The quantitative estimate of drug-likeness (QED) is 0.350. The van der Waals surface area contributed by atoms with Crippen molar-refractivity contribution in [1.29, 1.82) is 0 Å². The van der Waals surface area contributed by atoms with Gasteiger partial charge in [-0.2, -0.15) is 0 Å². The summed E-state index contributed by atoms with van der Waals surface area (Å²) in [6.07, 6.45) is 1.86. The molecule has 0 aliphatic heterocycles. The molecule has 0 bridgehead atoms. The molecule has 0 spiro atoms. The maximum atomic E-state index is 10.1. The number of aromatic nitrogens is 1. The Hall–Kier alpha value is -1.55. The standard InChI is InChI=1S/C16H22N4O2S.HI/c1-4-17-16(20-10-14-18-8-11(2)23-14)19-9-12-6-5-7-13(22-3)15(12)21;/h5-8,21H,4,9-10H2,1-3H3,(H2,17,19,20);1H. The van der Waals surface area contributed by atoms with E-state index in [1.807, 2.05) is 32.2 Å². The highest BCUT2D eigenvalue weighted by Gasteiger charge is 2.07. The molecule has 0 aliphatic rings. The SMILES string of the molecule is CCNC(=NCc1cccc(OC)c1O)NCc1ncc(C)s1.I. The first-order valence-electron chi connectivity index (χ1n) is 7.42. The molecule has 0 aliphatic carbocycles. The Balaban J connectivity index is 0.00000288. The molecule has 2 aromatic rings. The summed E-state index contributed by atoms with van der Waals surface area (Å²) >= 11 is 1.66. The molecule has 0 amide bonds. The van der Waals surface area contributed by atoms with Gasteiger partial charge in [-0.15, -0.1) is 35.3 Å². The summed E-state index contributed by atoms with van der Waals surface area (Å²) in [6, 6.07) is 5.38. The largest absolute Gasteiger partial charge is 0.504 e. The van der Waals surface area contributed by atoms with Gasteiger partial charge in [0.2, 0.25) is 0 Å². The summed E-state index contributed by atoms with van der Waals surface area (Å²) in [6.45, 7) is 5.77. The number of hydrogen-bond donors (Lipinski definition) is 3. The molecule has 0 fully saturated rings. The Labute approximate surface area is 163 Å². The third-order valence-electron chi connectivity index (χ3n) is 3.13. The van der Waals surface area contributed by atoms with Crippen LogP contribution in [0.15, 0.2) is 29.4 Å². The second kappa shape index (κ2) is 10.3. The van der Waals surface area contributed by atoms with E-state index in [0.717, 1.165) is 11.6 Å². The Morgan fingerprint density at radius 1 is 1.38 bits per heavy atom. The number of phenolic OH excluding ortho intramolecular Hbond substituents is 1. The van der Waals surface area contributed by atoms with Gasteiger partial charge < -0.3 is 20.5 Å². The molecule has 0 saturated carbocycles. The molecule has 0 radical (unpaired) electrons. The van der Waals surface area contributed by atoms with Gasteiger partial charge in [-0.25, -0.2) is 9.98 Å². The third-order valence-corrected chi connectivity index (χ3v) is 4.04. The van der Waals surface area contributed by atoms with Gasteiger partial charge in [-0.05, 0) is 19.9 Å². The number of benzene rings is 1. The van der Waals surface area contributed by atoms with E-state index in [2.05, 4.69) is 20.6 Å². The maximum absolute atomic E-state index is 10.1. The van der Waals surface area contributed by atoms with E-state index in [9.17, 15) is 5.11 Å². The zero-order valence-electron chi connectivity index (χ0n) is 14.0. The van der Waals surface area contributed by atoms with E-state index in [0.29, 0.717) is 30.4 Å². The maximum Gasteiger partial charge on any atom is 0.191 e. The summed E-state index contributed by atoms with van der Waals surface area (Å²) in [5.41, 5.74) is 0.714. The fourth-order valence-electron chi connectivity index (χ4n) is 2.01. The first kappa shape index (κ1) is 20.5. The van der Waals surface area contributed by atoms with E-state index in [1.165, 1.54) is 12.0 Å². The van der Waals surface area contributed by atoms with Crippen LogP contribution in [0.5, 0.6) is 11.5 Å². The fourth-order valence-corrected chi connectivity index (χ4v) is 2.74. The van der Waals surface area contributed by atoms with Crippen LogP contribution in [0.3, 0.4) is 0 Å². The number of nitrogens with zero attached hydrogens (tertiary/aromatic N) is 2. The minimum atomic E-state index is 0. The summed E-state index contributed by atoms with van der Waals surface area (Å²) < 4.78 is 5.11. The number of halogens is 1. The number of aromatic hydroxyl groups is 1. The van der Waals surface area contributed by atoms with Gasteiger partial charge in [0.15, 0.2) is 17.5 Å². The first-order chi connectivity index (χ1) is 11.1. The number of phenols is 1. The van der Waals surface area contributed by atoms with Crippen molar-refractivity contribution in [3.05, 3.63) is 39.8 Å². The van der Waals surface area contributed by atoms with Gasteiger partial charge in [0.25, 0.3) is 0 Å².